The Balaban J connectivity index is 1.65. The van der Waals surface area contributed by atoms with Crippen molar-refractivity contribution < 1.29 is 9.47 Å². The lowest BCUT2D eigenvalue weighted by molar-refractivity contribution is -0.00772. The third kappa shape index (κ3) is 15.8. The highest BCUT2D eigenvalue weighted by Gasteiger charge is 2.12. The summed E-state index contributed by atoms with van der Waals surface area (Å²) in [6.45, 7) is 6.93. The van der Waals surface area contributed by atoms with Crippen LogP contribution in [0, 0.1) is 0 Å². The molecule has 0 aromatic heterocycles. The normalized spacial score (nSPS) is 15.7. The van der Waals surface area contributed by atoms with Crippen molar-refractivity contribution in [2.45, 2.75) is 109 Å². The fraction of sp³-hybridized carbons (Fsp3) is 1.00. The molecule has 150 valence electrons. The minimum absolute atomic E-state index is 0.459. The zero-order valence-corrected chi connectivity index (χ0v) is 17.0. The number of rotatable bonds is 18. The minimum atomic E-state index is 0.459. The molecule has 1 aliphatic rings. The maximum atomic E-state index is 5.84. The quantitative estimate of drug-likeness (QED) is 0.312. The first kappa shape index (κ1) is 22.9. The molecule has 1 aliphatic heterocycles. The molecule has 0 radical (unpaired) electrons. The summed E-state index contributed by atoms with van der Waals surface area (Å²) in [5.74, 6) is 0. The Bertz CT molecular complexity index is 254. The van der Waals surface area contributed by atoms with Crippen molar-refractivity contribution in [1.29, 1.82) is 0 Å². The molecule has 0 unspecified atom stereocenters. The van der Waals surface area contributed by atoms with Crippen molar-refractivity contribution in [3.63, 3.8) is 0 Å². The Hall–Kier alpha value is -0.120. The van der Waals surface area contributed by atoms with Gasteiger partial charge in [-0.15, -0.1) is 0 Å². The van der Waals surface area contributed by atoms with Gasteiger partial charge in [-0.05, 0) is 32.4 Å². The summed E-state index contributed by atoms with van der Waals surface area (Å²) in [5, 5.41) is 3.36. The van der Waals surface area contributed by atoms with E-state index < -0.39 is 0 Å². The highest BCUT2D eigenvalue weighted by molar-refractivity contribution is 4.67. The van der Waals surface area contributed by atoms with Gasteiger partial charge in [0.25, 0.3) is 0 Å². The van der Waals surface area contributed by atoms with Crippen molar-refractivity contribution in [1.82, 2.24) is 5.32 Å². The molecule has 0 amide bonds. The second kappa shape index (κ2) is 18.7. The standard InChI is InChI=1S/C22H45NO2/c1-2-3-4-5-6-7-8-9-10-11-12-13-14-19-24-20-21-25-22-15-17-23-18-16-22/h22-23H,2-21H2,1H3. The topological polar surface area (TPSA) is 30.5 Å². The highest BCUT2D eigenvalue weighted by atomic mass is 16.5. The van der Waals surface area contributed by atoms with Crippen LogP contribution in [-0.4, -0.2) is 39.0 Å². The average molecular weight is 356 g/mol. The zero-order chi connectivity index (χ0) is 17.8. The first-order valence-electron chi connectivity index (χ1n) is 11.3. The van der Waals surface area contributed by atoms with E-state index in [-0.39, 0.29) is 0 Å². The third-order valence-corrected chi connectivity index (χ3v) is 5.26. The van der Waals surface area contributed by atoms with Gasteiger partial charge in [-0.25, -0.2) is 0 Å². The van der Waals surface area contributed by atoms with E-state index in [0.717, 1.165) is 45.8 Å². The molecule has 1 heterocycles. The molecule has 1 fully saturated rings. The summed E-state index contributed by atoms with van der Waals surface area (Å²) in [5.41, 5.74) is 0. The number of nitrogens with one attached hydrogen (secondary N) is 1. The summed E-state index contributed by atoms with van der Waals surface area (Å²) in [6, 6.07) is 0. The van der Waals surface area contributed by atoms with Gasteiger partial charge in [-0.2, -0.15) is 0 Å². The Labute approximate surface area is 157 Å². The molecule has 0 aromatic rings. The van der Waals surface area contributed by atoms with Crippen LogP contribution in [-0.2, 0) is 9.47 Å². The molecule has 1 rings (SSSR count). The van der Waals surface area contributed by atoms with Crippen LogP contribution in [0.5, 0.6) is 0 Å². The molecule has 0 atom stereocenters. The van der Waals surface area contributed by atoms with E-state index in [9.17, 15) is 0 Å². The zero-order valence-electron chi connectivity index (χ0n) is 17.0. The maximum Gasteiger partial charge on any atom is 0.0704 e. The summed E-state index contributed by atoms with van der Waals surface area (Å²) >= 11 is 0. The van der Waals surface area contributed by atoms with E-state index in [1.165, 1.54) is 83.5 Å². The Morgan fingerprint density at radius 2 is 1.16 bits per heavy atom. The Morgan fingerprint density at radius 1 is 0.640 bits per heavy atom. The fourth-order valence-electron chi connectivity index (χ4n) is 3.56. The molecular weight excluding hydrogens is 310 g/mol. The van der Waals surface area contributed by atoms with Gasteiger partial charge < -0.3 is 14.8 Å². The second-order valence-corrected chi connectivity index (χ2v) is 7.68. The molecule has 1 N–H and O–H groups in total. The van der Waals surface area contributed by atoms with Gasteiger partial charge in [0.1, 0.15) is 0 Å². The molecule has 0 saturated carbocycles. The molecule has 3 nitrogen and oxygen atoms in total. The lowest BCUT2D eigenvalue weighted by Gasteiger charge is -2.22. The largest absolute Gasteiger partial charge is 0.379 e. The molecule has 0 bridgehead atoms. The monoisotopic (exact) mass is 355 g/mol. The van der Waals surface area contributed by atoms with Crippen LogP contribution in [0.1, 0.15) is 103 Å². The van der Waals surface area contributed by atoms with Crippen LogP contribution >= 0.6 is 0 Å². The van der Waals surface area contributed by atoms with Crippen molar-refractivity contribution >= 4 is 0 Å². The minimum Gasteiger partial charge on any atom is -0.379 e. The van der Waals surface area contributed by atoms with E-state index in [2.05, 4.69) is 12.2 Å². The maximum absolute atomic E-state index is 5.84. The van der Waals surface area contributed by atoms with Crippen molar-refractivity contribution in [3.8, 4) is 0 Å². The van der Waals surface area contributed by atoms with Crippen LogP contribution in [0.4, 0.5) is 0 Å². The number of unbranched alkanes of at least 4 members (excludes halogenated alkanes) is 12. The Kier molecular flexibility index (Phi) is 17.1. The molecule has 1 saturated heterocycles. The van der Waals surface area contributed by atoms with Crippen molar-refractivity contribution in [3.05, 3.63) is 0 Å². The van der Waals surface area contributed by atoms with Crippen LogP contribution in [0.25, 0.3) is 0 Å². The highest BCUT2D eigenvalue weighted by Crippen LogP contribution is 2.12. The molecular formula is C22H45NO2. The lowest BCUT2D eigenvalue weighted by Crippen LogP contribution is -2.33. The molecule has 0 aliphatic carbocycles. The number of hydrogen-bond donors (Lipinski definition) is 1. The van der Waals surface area contributed by atoms with Crippen LogP contribution in [0.15, 0.2) is 0 Å². The SMILES string of the molecule is CCCCCCCCCCCCCCCOCCOC1CCNCC1. The number of hydrogen-bond acceptors (Lipinski definition) is 3. The van der Waals surface area contributed by atoms with Gasteiger partial charge in [0.05, 0.1) is 19.3 Å². The predicted molar refractivity (Wildman–Crippen MR) is 108 cm³/mol. The molecule has 0 spiro atoms. The van der Waals surface area contributed by atoms with Gasteiger partial charge in [0, 0.05) is 6.61 Å². The van der Waals surface area contributed by atoms with Crippen LogP contribution in [0.3, 0.4) is 0 Å². The van der Waals surface area contributed by atoms with Gasteiger partial charge >= 0.3 is 0 Å². The first-order chi connectivity index (χ1) is 12.4. The van der Waals surface area contributed by atoms with Gasteiger partial charge in [-0.1, -0.05) is 84.0 Å². The molecule has 3 heteroatoms. The van der Waals surface area contributed by atoms with Crippen LogP contribution in [0.2, 0.25) is 0 Å². The summed E-state index contributed by atoms with van der Waals surface area (Å²) in [6.07, 6.45) is 21.0. The number of piperidine rings is 1. The number of ether oxygens (including phenoxy) is 2. The van der Waals surface area contributed by atoms with Gasteiger partial charge in [-0.3, -0.25) is 0 Å². The predicted octanol–water partition coefficient (Wildman–Crippen LogP) is 5.86. The van der Waals surface area contributed by atoms with Crippen LogP contribution < -0.4 is 5.32 Å². The van der Waals surface area contributed by atoms with Crippen molar-refractivity contribution in [2.75, 3.05) is 32.9 Å². The Morgan fingerprint density at radius 3 is 1.72 bits per heavy atom. The first-order valence-corrected chi connectivity index (χ1v) is 11.3. The van der Waals surface area contributed by atoms with E-state index in [1.807, 2.05) is 0 Å². The van der Waals surface area contributed by atoms with E-state index in [0.29, 0.717) is 6.10 Å². The van der Waals surface area contributed by atoms with E-state index in [1.54, 1.807) is 0 Å². The average Bonchev–Trinajstić information content (AvgIpc) is 2.65. The second-order valence-electron chi connectivity index (χ2n) is 7.68. The fourth-order valence-corrected chi connectivity index (χ4v) is 3.56. The van der Waals surface area contributed by atoms with Crippen molar-refractivity contribution in [2.24, 2.45) is 0 Å². The van der Waals surface area contributed by atoms with E-state index in [4.69, 9.17) is 9.47 Å². The summed E-state index contributed by atoms with van der Waals surface area (Å²) in [7, 11) is 0. The van der Waals surface area contributed by atoms with Gasteiger partial charge in [0.2, 0.25) is 0 Å². The lowest BCUT2D eigenvalue weighted by atomic mass is 10.0. The summed E-state index contributed by atoms with van der Waals surface area (Å²) in [4.78, 5) is 0. The molecule has 0 aromatic carbocycles. The molecule has 25 heavy (non-hydrogen) atoms. The third-order valence-electron chi connectivity index (χ3n) is 5.26. The summed E-state index contributed by atoms with van der Waals surface area (Å²) < 4.78 is 11.5. The van der Waals surface area contributed by atoms with E-state index >= 15 is 0 Å². The van der Waals surface area contributed by atoms with Gasteiger partial charge in [0.15, 0.2) is 0 Å². The smallest absolute Gasteiger partial charge is 0.0704 e.